The van der Waals surface area contributed by atoms with E-state index in [4.69, 9.17) is 9.47 Å². The number of rotatable bonds is 4. The Kier molecular flexibility index (Phi) is 5.03. The summed E-state index contributed by atoms with van der Waals surface area (Å²) < 4.78 is 10.9. The lowest BCUT2D eigenvalue weighted by Crippen LogP contribution is -2.44. The standard InChI is InChI=1S/C12H25NO2/c1-12(2,3)9-11-10-13(5-7-14-4)6-8-15-11/h11H,5-10H2,1-4H3. The molecule has 1 fully saturated rings. The Balaban J connectivity index is 2.29. The highest BCUT2D eigenvalue weighted by atomic mass is 16.5. The Bertz CT molecular complexity index is 177. The smallest absolute Gasteiger partial charge is 0.0707 e. The van der Waals surface area contributed by atoms with Gasteiger partial charge in [-0.25, -0.2) is 0 Å². The molecule has 1 unspecified atom stereocenters. The minimum Gasteiger partial charge on any atom is -0.383 e. The molecule has 1 saturated heterocycles. The van der Waals surface area contributed by atoms with Crippen molar-refractivity contribution in [2.24, 2.45) is 5.41 Å². The fourth-order valence-corrected chi connectivity index (χ4v) is 2.01. The van der Waals surface area contributed by atoms with Crippen molar-refractivity contribution in [3.05, 3.63) is 0 Å². The highest BCUT2D eigenvalue weighted by molar-refractivity contribution is 4.76. The van der Waals surface area contributed by atoms with Crippen molar-refractivity contribution in [3.63, 3.8) is 0 Å². The van der Waals surface area contributed by atoms with Crippen molar-refractivity contribution >= 4 is 0 Å². The summed E-state index contributed by atoms with van der Waals surface area (Å²) in [5, 5.41) is 0. The number of methoxy groups -OCH3 is 1. The van der Waals surface area contributed by atoms with E-state index in [9.17, 15) is 0 Å². The molecule has 0 aromatic rings. The monoisotopic (exact) mass is 215 g/mol. The molecular formula is C12H25NO2. The first-order valence-electron chi connectivity index (χ1n) is 5.84. The van der Waals surface area contributed by atoms with Crippen molar-refractivity contribution < 1.29 is 9.47 Å². The van der Waals surface area contributed by atoms with Crippen molar-refractivity contribution in [1.82, 2.24) is 4.90 Å². The van der Waals surface area contributed by atoms with Gasteiger partial charge in [0.2, 0.25) is 0 Å². The third-order valence-electron chi connectivity index (χ3n) is 2.67. The van der Waals surface area contributed by atoms with Crippen molar-refractivity contribution in [1.29, 1.82) is 0 Å². The predicted octanol–water partition coefficient (Wildman–Crippen LogP) is 1.77. The summed E-state index contributed by atoms with van der Waals surface area (Å²) in [6.07, 6.45) is 1.53. The average molecular weight is 215 g/mol. The Morgan fingerprint density at radius 3 is 2.73 bits per heavy atom. The van der Waals surface area contributed by atoms with Gasteiger partial charge in [-0.3, -0.25) is 4.90 Å². The van der Waals surface area contributed by atoms with Gasteiger partial charge in [0.25, 0.3) is 0 Å². The van der Waals surface area contributed by atoms with Gasteiger partial charge in [0.15, 0.2) is 0 Å². The molecule has 0 amide bonds. The van der Waals surface area contributed by atoms with Crippen LogP contribution in [0.3, 0.4) is 0 Å². The van der Waals surface area contributed by atoms with Crippen LogP contribution in [0.25, 0.3) is 0 Å². The van der Waals surface area contributed by atoms with Gasteiger partial charge in [0, 0.05) is 26.7 Å². The molecule has 90 valence electrons. The number of nitrogens with zero attached hydrogens (tertiary/aromatic N) is 1. The molecule has 0 saturated carbocycles. The van der Waals surface area contributed by atoms with Crippen LogP contribution in [0.2, 0.25) is 0 Å². The third kappa shape index (κ3) is 5.50. The fraction of sp³-hybridized carbons (Fsp3) is 1.00. The molecule has 1 aliphatic heterocycles. The molecule has 1 aliphatic rings. The van der Waals surface area contributed by atoms with Gasteiger partial charge in [-0.05, 0) is 11.8 Å². The lowest BCUT2D eigenvalue weighted by Gasteiger charge is -2.35. The van der Waals surface area contributed by atoms with E-state index in [-0.39, 0.29) is 0 Å². The SMILES string of the molecule is COCCN1CCOC(CC(C)(C)C)C1. The Labute approximate surface area is 93.7 Å². The van der Waals surface area contributed by atoms with Crippen LogP contribution in [0.4, 0.5) is 0 Å². The van der Waals surface area contributed by atoms with Crippen LogP contribution in [0.1, 0.15) is 27.2 Å². The zero-order valence-electron chi connectivity index (χ0n) is 10.6. The molecule has 1 rings (SSSR count). The second-order valence-electron chi connectivity index (χ2n) is 5.55. The lowest BCUT2D eigenvalue weighted by molar-refractivity contribution is -0.0499. The summed E-state index contributed by atoms with van der Waals surface area (Å²) >= 11 is 0. The van der Waals surface area contributed by atoms with E-state index >= 15 is 0 Å². The molecule has 3 nitrogen and oxygen atoms in total. The van der Waals surface area contributed by atoms with E-state index in [0.29, 0.717) is 11.5 Å². The summed E-state index contributed by atoms with van der Waals surface area (Å²) in [6.45, 7) is 11.6. The number of hydrogen-bond acceptors (Lipinski definition) is 3. The van der Waals surface area contributed by atoms with Crippen LogP contribution < -0.4 is 0 Å². The number of ether oxygens (including phenoxy) is 2. The molecule has 0 spiro atoms. The maximum atomic E-state index is 5.78. The molecular weight excluding hydrogens is 190 g/mol. The average Bonchev–Trinajstić information content (AvgIpc) is 2.12. The summed E-state index contributed by atoms with van der Waals surface area (Å²) in [5.74, 6) is 0. The fourth-order valence-electron chi connectivity index (χ4n) is 2.01. The van der Waals surface area contributed by atoms with Gasteiger partial charge in [0.1, 0.15) is 0 Å². The van der Waals surface area contributed by atoms with Gasteiger partial charge < -0.3 is 9.47 Å². The summed E-state index contributed by atoms with van der Waals surface area (Å²) in [6, 6.07) is 0. The van der Waals surface area contributed by atoms with E-state index < -0.39 is 0 Å². The molecule has 0 radical (unpaired) electrons. The molecule has 0 aliphatic carbocycles. The molecule has 15 heavy (non-hydrogen) atoms. The lowest BCUT2D eigenvalue weighted by atomic mass is 9.89. The zero-order chi connectivity index (χ0) is 11.3. The molecule has 1 heterocycles. The first-order chi connectivity index (χ1) is 7.01. The van der Waals surface area contributed by atoms with Gasteiger partial charge in [-0.2, -0.15) is 0 Å². The Hall–Kier alpha value is -0.120. The van der Waals surface area contributed by atoms with Gasteiger partial charge in [0.05, 0.1) is 19.3 Å². The van der Waals surface area contributed by atoms with Gasteiger partial charge >= 0.3 is 0 Å². The van der Waals surface area contributed by atoms with Crippen LogP contribution in [0, 0.1) is 5.41 Å². The minimum atomic E-state index is 0.356. The quantitative estimate of drug-likeness (QED) is 0.713. The number of hydrogen-bond donors (Lipinski definition) is 0. The highest BCUT2D eigenvalue weighted by Crippen LogP contribution is 2.24. The Morgan fingerprint density at radius 1 is 1.40 bits per heavy atom. The zero-order valence-corrected chi connectivity index (χ0v) is 10.6. The minimum absolute atomic E-state index is 0.356. The number of morpholine rings is 1. The van der Waals surface area contributed by atoms with Gasteiger partial charge in [-0.15, -0.1) is 0 Å². The molecule has 0 aromatic heterocycles. The topological polar surface area (TPSA) is 21.7 Å². The van der Waals surface area contributed by atoms with E-state index in [2.05, 4.69) is 25.7 Å². The maximum Gasteiger partial charge on any atom is 0.0707 e. The van der Waals surface area contributed by atoms with Gasteiger partial charge in [-0.1, -0.05) is 20.8 Å². The summed E-state index contributed by atoms with van der Waals surface area (Å²) in [5.41, 5.74) is 0.356. The molecule has 3 heteroatoms. The molecule has 0 N–H and O–H groups in total. The van der Waals surface area contributed by atoms with Crippen LogP contribution in [-0.4, -0.2) is 51.0 Å². The third-order valence-corrected chi connectivity index (χ3v) is 2.67. The first-order valence-corrected chi connectivity index (χ1v) is 5.84. The molecule has 0 aromatic carbocycles. The molecule has 0 bridgehead atoms. The summed E-state index contributed by atoms with van der Waals surface area (Å²) in [7, 11) is 1.76. The first kappa shape index (κ1) is 12.9. The largest absolute Gasteiger partial charge is 0.383 e. The second kappa shape index (κ2) is 5.83. The normalized spacial score (nSPS) is 24.4. The maximum absolute atomic E-state index is 5.78. The Morgan fingerprint density at radius 2 is 2.13 bits per heavy atom. The van der Waals surface area contributed by atoms with Crippen molar-refractivity contribution in [2.75, 3.05) is 40.0 Å². The van der Waals surface area contributed by atoms with Crippen molar-refractivity contribution in [2.45, 2.75) is 33.3 Å². The van der Waals surface area contributed by atoms with E-state index in [1.54, 1.807) is 7.11 Å². The van der Waals surface area contributed by atoms with E-state index in [1.165, 1.54) is 0 Å². The highest BCUT2D eigenvalue weighted by Gasteiger charge is 2.24. The van der Waals surface area contributed by atoms with Crippen LogP contribution in [-0.2, 0) is 9.47 Å². The summed E-state index contributed by atoms with van der Waals surface area (Å²) in [4.78, 5) is 2.43. The predicted molar refractivity (Wildman–Crippen MR) is 62.1 cm³/mol. The molecule has 1 atom stereocenters. The van der Waals surface area contributed by atoms with Crippen LogP contribution >= 0.6 is 0 Å². The van der Waals surface area contributed by atoms with Crippen LogP contribution in [0.5, 0.6) is 0 Å². The second-order valence-corrected chi connectivity index (χ2v) is 5.55. The van der Waals surface area contributed by atoms with E-state index in [1.807, 2.05) is 0 Å². The van der Waals surface area contributed by atoms with E-state index in [0.717, 1.165) is 39.3 Å². The van der Waals surface area contributed by atoms with Crippen molar-refractivity contribution in [3.8, 4) is 0 Å². The van der Waals surface area contributed by atoms with Crippen LogP contribution in [0.15, 0.2) is 0 Å².